The highest BCUT2D eigenvalue weighted by molar-refractivity contribution is 5.94. The fourth-order valence-corrected chi connectivity index (χ4v) is 2.97. The summed E-state index contributed by atoms with van der Waals surface area (Å²) in [5, 5.41) is 3.05. The lowest BCUT2D eigenvalue weighted by Gasteiger charge is -2.14. The number of nitrogens with one attached hydrogen (secondary N) is 2. The normalized spacial score (nSPS) is 20.8. The van der Waals surface area contributed by atoms with Crippen LogP contribution in [0.2, 0.25) is 0 Å². The summed E-state index contributed by atoms with van der Waals surface area (Å²) >= 11 is 0. The first-order chi connectivity index (χ1) is 10.7. The number of likely N-dealkylation sites (tertiary alicyclic amines) is 1. The van der Waals surface area contributed by atoms with E-state index in [0.29, 0.717) is 5.56 Å². The van der Waals surface area contributed by atoms with Crippen molar-refractivity contribution in [2.24, 2.45) is 0 Å². The first-order valence-electron chi connectivity index (χ1n) is 7.64. The molecule has 1 aliphatic heterocycles. The van der Waals surface area contributed by atoms with Crippen LogP contribution in [0.15, 0.2) is 54.6 Å². The van der Waals surface area contributed by atoms with Crippen LogP contribution in [0.25, 0.3) is 0 Å². The maximum absolute atomic E-state index is 12.9. The summed E-state index contributed by atoms with van der Waals surface area (Å²) < 4.78 is 12.9. The second kappa shape index (κ2) is 6.71. The van der Waals surface area contributed by atoms with Gasteiger partial charge in [0.15, 0.2) is 0 Å². The maximum atomic E-state index is 12.9. The average molecular weight is 299 g/mol. The second-order valence-electron chi connectivity index (χ2n) is 5.83. The third-order valence-electron chi connectivity index (χ3n) is 4.12. The van der Waals surface area contributed by atoms with Gasteiger partial charge in [-0.1, -0.05) is 30.3 Å². The van der Waals surface area contributed by atoms with Gasteiger partial charge in [0.05, 0.1) is 19.1 Å². The van der Waals surface area contributed by atoms with E-state index in [-0.39, 0.29) is 17.8 Å². The third kappa shape index (κ3) is 3.71. The molecule has 3 nitrogen and oxygen atoms in total. The van der Waals surface area contributed by atoms with E-state index >= 15 is 0 Å². The monoisotopic (exact) mass is 299 g/mol. The molecule has 1 heterocycles. The molecule has 0 aliphatic carbocycles. The minimum absolute atomic E-state index is 0.119. The van der Waals surface area contributed by atoms with Crippen LogP contribution < -0.4 is 10.2 Å². The molecule has 0 aromatic heterocycles. The van der Waals surface area contributed by atoms with Gasteiger partial charge in [0.25, 0.3) is 5.91 Å². The van der Waals surface area contributed by atoms with Gasteiger partial charge in [-0.25, -0.2) is 4.39 Å². The molecule has 114 valence electrons. The lowest BCUT2D eigenvalue weighted by Crippen LogP contribution is -3.09. The molecule has 1 unspecified atom stereocenters. The second-order valence-corrected chi connectivity index (χ2v) is 5.83. The van der Waals surface area contributed by atoms with Crippen LogP contribution in [-0.4, -0.2) is 25.0 Å². The highest BCUT2D eigenvalue weighted by Gasteiger charge is 2.27. The van der Waals surface area contributed by atoms with Crippen molar-refractivity contribution in [2.45, 2.75) is 19.0 Å². The molecule has 0 spiro atoms. The smallest absolute Gasteiger partial charge is 0.251 e. The summed E-state index contributed by atoms with van der Waals surface area (Å²) in [5.74, 6) is -0.443. The Morgan fingerprint density at radius 3 is 2.59 bits per heavy atom. The number of hydrogen-bond donors (Lipinski definition) is 2. The van der Waals surface area contributed by atoms with Gasteiger partial charge in [0, 0.05) is 17.5 Å². The quantitative estimate of drug-likeness (QED) is 0.879. The Labute approximate surface area is 129 Å². The topological polar surface area (TPSA) is 33.5 Å². The number of hydrogen-bond acceptors (Lipinski definition) is 1. The van der Waals surface area contributed by atoms with Gasteiger partial charge in [-0.05, 0) is 24.3 Å². The molecule has 2 atom stereocenters. The van der Waals surface area contributed by atoms with Crippen molar-refractivity contribution in [2.75, 3.05) is 13.1 Å². The Bertz CT molecular complexity index is 627. The Morgan fingerprint density at radius 1 is 1.14 bits per heavy atom. The number of amides is 1. The average Bonchev–Trinajstić information content (AvgIpc) is 2.96. The van der Waals surface area contributed by atoms with Crippen LogP contribution in [0.5, 0.6) is 0 Å². The number of carbonyl (C=O) groups is 1. The summed E-state index contributed by atoms with van der Waals surface area (Å²) in [4.78, 5) is 13.6. The van der Waals surface area contributed by atoms with Crippen molar-refractivity contribution in [1.82, 2.24) is 5.32 Å². The van der Waals surface area contributed by atoms with Crippen molar-refractivity contribution in [1.29, 1.82) is 0 Å². The van der Waals surface area contributed by atoms with Crippen LogP contribution in [0.3, 0.4) is 0 Å². The van der Waals surface area contributed by atoms with E-state index < -0.39 is 0 Å². The molecule has 0 saturated carbocycles. The Kier molecular flexibility index (Phi) is 4.49. The molecule has 1 amide bonds. The highest BCUT2D eigenvalue weighted by atomic mass is 19.1. The fourth-order valence-electron chi connectivity index (χ4n) is 2.97. The van der Waals surface area contributed by atoms with Crippen molar-refractivity contribution in [3.8, 4) is 0 Å². The summed E-state index contributed by atoms with van der Waals surface area (Å²) in [6, 6.07) is 16.3. The lowest BCUT2D eigenvalue weighted by atomic mass is 10.2. The first-order valence-corrected chi connectivity index (χ1v) is 7.64. The molecule has 4 heteroatoms. The third-order valence-corrected chi connectivity index (χ3v) is 4.12. The van der Waals surface area contributed by atoms with Gasteiger partial charge in [-0.15, -0.1) is 0 Å². The van der Waals surface area contributed by atoms with E-state index in [1.54, 1.807) is 0 Å². The number of rotatable bonds is 4. The molecule has 3 rings (SSSR count). The molecule has 2 aromatic carbocycles. The molecular weight excluding hydrogens is 279 g/mol. The minimum atomic E-state index is -0.323. The van der Waals surface area contributed by atoms with Gasteiger partial charge in [-0.3, -0.25) is 4.79 Å². The first kappa shape index (κ1) is 14.7. The van der Waals surface area contributed by atoms with Crippen molar-refractivity contribution < 1.29 is 14.1 Å². The van der Waals surface area contributed by atoms with Crippen LogP contribution in [0.4, 0.5) is 4.39 Å². The number of carbonyl (C=O) groups excluding carboxylic acids is 1. The predicted octanol–water partition coefficient (Wildman–Crippen LogP) is 1.41. The summed E-state index contributed by atoms with van der Waals surface area (Å²) in [6.07, 6.45) is 0.981. The highest BCUT2D eigenvalue weighted by Crippen LogP contribution is 2.04. The summed E-state index contributed by atoms with van der Waals surface area (Å²) in [6.45, 7) is 2.98. The molecule has 22 heavy (non-hydrogen) atoms. The zero-order chi connectivity index (χ0) is 15.4. The Hall–Kier alpha value is -2.20. The van der Waals surface area contributed by atoms with Gasteiger partial charge in [0.1, 0.15) is 12.4 Å². The zero-order valence-corrected chi connectivity index (χ0v) is 12.4. The van der Waals surface area contributed by atoms with Gasteiger partial charge in [-0.2, -0.15) is 0 Å². The van der Waals surface area contributed by atoms with Gasteiger partial charge >= 0.3 is 0 Å². The molecule has 1 fully saturated rings. The molecular formula is C18H20FN2O+. The van der Waals surface area contributed by atoms with Crippen molar-refractivity contribution in [3.05, 3.63) is 71.5 Å². The molecule has 2 N–H and O–H groups in total. The Morgan fingerprint density at radius 2 is 1.86 bits per heavy atom. The zero-order valence-electron chi connectivity index (χ0n) is 12.4. The van der Waals surface area contributed by atoms with Crippen molar-refractivity contribution in [3.63, 3.8) is 0 Å². The molecule has 0 bridgehead atoms. The largest absolute Gasteiger partial charge is 0.343 e. The van der Waals surface area contributed by atoms with Crippen LogP contribution in [-0.2, 0) is 6.54 Å². The van der Waals surface area contributed by atoms with Gasteiger partial charge < -0.3 is 10.2 Å². The van der Waals surface area contributed by atoms with Gasteiger partial charge in [0.2, 0.25) is 0 Å². The van der Waals surface area contributed by atoms with E-state index in [0.717, 1.165) is 26.1 Å². The molecule has 0 radical (unpaired) electrons. The standard InChI is InChI=1S/C18H19FN2O/c19-16-8-6-15(7-9-16)18(22)20-17-10-11-21(13-17)12-14-4-2-1-3-5-14/h1-9,17H,10-13H2,(H,20,22)/p+1/t17-/m1/s1. The van der Waals surface area contributed by atoms with E-state index in [1.165, 1.54) is 34.7 Å². The van der Waals surface area contributed by atoms with E-state index in [1.807, 2.05) is 6.07 Å². The summed E-state index contributed by atoms with van der Waals surface area (Å²) in [7, 11) is 0. The molecule has 1 saturated heterocycles. The molecule has 1 aliphatic rings. The summed E-state index contributed by atoms with van der Waals surface area (Å²) in [5.41, 5.74) is 1.83. The number of benzene rings is 2. The number of halogens is 1. The predicted molar refractivity (Wildman–Crippen MR) is 83.1 cm³/mol. The number of quaternary nitrogens is 1. The van der Waals surface area contributed by atoms with Crippen LogP contribution >= 0.6 is 0 Å². The SMILES string of the molecule is O=C(N[C@@H]1CC[NH+](Cc2ccccc2)C1)c1ccc(F)cc1. The van der Waals surface area contributed by atoms with Crippen LogP contribution in [0.1, 0.15) is 22.3 Å². The lowest BCUT2D eigenvalue weighted by molar-refractivity contribution is -0.901. The van der Waals surface area contributed by atoms with Crippen LogP contribution in [0, 0.1) is 5.82 Å². The van der Waals surface area contributed by atoms with E-state index in [4.69, 9.17) is 0 Å². The van der Waals surface area contributed by atoms with E-state index in [9.17, 15) is 9.18 Å². The van der Waals surface area contributed by atoms with Crippen molar-refractivity contribution >= 4 is 5.91 Å². The van der Waals surface area contributed by atoms with E-state index in [2.05, 4.69) is 29.6 Å². The maximum Gasteiger partial charge on any atom is 0.251 e. The fraction of sp³-hybridized carbons (Fsp3) is 0.278. The minimum Gasteiger partial charge on any atom is -0.343 e. The molecule has 2 aromatic rings. The Balaban J connectivity index is 1.52.